The van der Waals surface area contributed by atoms with E-state index in [2.05, 4.69) is 15.6 Å². The molecular formula is C15H25N3O2. The van der Waals surface area contributed by atoms with E-state index in [-0.39, 0.29) is 5.91 Å². The molecule has 0 saturated carbocycles. The van der Waals surface area contributed by atoms with Gasteiger partial charge >= 0.3 is 0 Å². The van der Waals surface area contributed by atoms with Crippen LogP contribution in [0.5, 0.6) is 0 Å². The lowest BCUT2D eigenvalue weighted by Crippen LogP contribution is -2.27. The molecule has 1 rings (SSSR count). The summed E-state index contributed by atoms with van der Waals surface area (Å²) < 4.78 is 5.19. The van der Waals surface area contributed by atoms with E-state index in [1.54, 1.807) is 6.20 Å². The van der Waals surface area contributed by atoms with Crippen LogP contribution in [0.1, 0.15) is 31.7 Å². The fraction of sp³-hybridized carbons (Fsp3) is 0.600. The third-order valence-electron chi connectivity index (χ3n) is 2.80. The third kappa shape index (κ3) is 8.61. The van der Waals surface area contributed by atoms with Gasteiger partial charge in [-0.25, -0.2) is 0 Å². The standard InChI is InChI=1S/C15H25N3O2/c1-2-20-11-4-7-15(19)18-10-5-9-17-13-14-6-3-8-16-12-14/h3,6,8,12,17H,2,4-5,7,9-11,13H2,1H3,(H,18,19). The predicted molar refractivity (Wildman–Crippen MR) is 79.3 cm³/mol. The Hall–Kier alpha value is -1.46. The maximum atomic E-state index is 11.5. The molecule has 112 valence electrons. The summed E-state index contributed by atoms with van der Waals surface area (Å²) in [6, 6.07) is 3.97. The Morgan fingerprint density at radius 2 is 2.25 bits per heavy atom. The van der Waals surface area contributed by atoms with Crippen LogP contribution < -0.4 is 10.6 Å². The summed E-state index contributed by atoms with van der Waals surface area (Å²) in [7, 11) is 0. The van der Waals surface area contributed by atoms with Crippen LogP contribution in [0.25, 0.3) is 0 Å². The molecule has 0 fully saturated rings. The number of amides is 1. The van der Waals surface area contributed by atoms with Crippen molar-refractivity contribution in [3.05, 3.63) is 30.1 Å². The molecule has 0 radical (unpaired) electrons. The van der Waals surface area contributed by atoms with Gasteiger partial charge in [-0.3, -0.25) is 9.78 Å². The van der Waals surface area contributed by atoms with E-state index >= 15 is 0 Å². The van der Waals surface area contributed by atoms with Crippen molar-refractivity contribution in [1.29, 1.82) is 0 Å². The third-order valence-corrected chi connectivity index (χ3v) is 2.80. The van der Waals surface area contributed by atoms with Gasteiger partial charge in [0.2, 0.25) is 5.91 Å². The molecular weight excluding hydrogens is 254 g/mol. The maximum Gasteiger partial charge on any atom is 0.220 e. The van der Waals surface area contributed by atoms with Crippen LogP contribution in [0, 0.1) is 0 Å². The van der Waals surface area contributed by atoms with Crippen LogP contribution in [0.3, 0.4) is 0 Å². The molecule has 0 spiro atoms. The van der Waals surface area contributed by atoms with Gasteiger partial charge in [0.15, 0.2) is 0 Å². The molecule has 1 aromatic heterocycles. The van der Waals surface area contributed by atoms with Crippen LogP contribution >= 0.6 is 0 Å². The molecule has 2 N–H and O–H groups in total. The first kappa shape index (κ1) is 16.6. The largest absolute Gasteiger partial charge is 0.382 e. The van der Waals surface area contributed by atoms with Crippen LogP contribution in [-0.2, 0) is 16.1 Å². The number of hydrogen-bond acceptors (Lipinski definition) is 4. The van der Waals surface area contributed by atoms with Gasteiger partial charge in [0.05, 0.1) is 0 Å². The molecule has 0 aliphatic rings. The number of nitrogens with zero attached hydrogens (tertiary/aromatic N) is 1. The molecule has 0 unspecified atom stereocenters. The summed E-state index contributed by atoms with van der Waals surface area (Å²) in [5.74, 6) is 0.108. The second-order valence-corrected chi connectivity index (χ2v) is 4.54. The Morgan fingerprint density at radius 1 is 1.35 bits per heavy atom. The smallest absolute Gasteiger partial charge is 0.220 e. The van der Waals surface area contributed by atoms with E-state index < -0.39 is 0 Å². The van der Waals surface area contributed by atoms with Crippen LogP contribution in [0.15, 0.2) is 24.5 Å². The van der Waals surface area contributed by atoms with Crippen molar-refractivity contribution < 1.29 is 9.53 Å². The van der Waals surface area contributed by atoms with Crippen molar-refractivity contribution >= 4 is 5.91 Å². The quantitative estimate of drug-likeness (QED) is 0.603. The minimum absolute atomic E-state index is 0.108. The van der Waals surface area contributed by atoms with Crippen molar-refractivity contribution in [2.24, 2.45) is 0 Å². The fourth-order valence-electron chi connectivity index (χ4n) is 1.74. The molecule has 5 heteroatoms. The van der Waals surface area contributed by atoms with Gasteiger partial charge < -0.3 is 15.4 Å². The average Bonchev–Trinajstić information content (AvgIpc) is 2.48. The zero-order chi connectivity index (χ0) is 14.5. The lowest BCUT2D eigenvalue weighted by Gasteiger charge is -2.06. The molecule has 1 heterocycles. The molecule has 1 aromatic rings. The molecule has 0 aromatic carbocycles. The molecule has 5 nitrogen and oxygen atoms in total. The Bertz CT molecular complexity index is 357. The number of carbonyl (C=O) groups is 1. The van der Waals surface area contributed by atoms with Crippen LogP contribution in [0.4, 0.5) is 0 Å². The molecule has 0 aliphatic heterocycles. The number of hydrogen-bond donors (Lipinski definition) is 2. The molecule has 0 bridgehead atoms. The molecule has 0 atom stereocenters. The Labute approximate surface area is 121 Å². The van der Waals surface area contributed by atoms with Gasteiger partial charge in [-0.05, 0) is 37.9 Å². The van der Waals surface area contributed by atoms with Gasteiger partial charge in [-0.2, -0.15) is 0 Å². The zero-order valence-corrected chi connectivity index (χ0v) is 12.2. The lowest BCUT2D eigenvalue weighted by atomic mass is 10.3. The van der Waals surface area contributed by atoms with E-state index in [0.717, 1.165) is 25.9 Å². The van der Waals surface area contributed by atoms with Gasteiger partial charge in [-0.15, -0.1) is 0 Å². The first-order chi connectivity index (χ1) is 9.83. The number of ether oxygens (including phenoxy) is 1. The minimum Gasteiger partial charge on any atom is -0.382 e. The Balaban J connectivity index is 1.90. The number of carbonyl (C=O) groups excluding carboxylic acids is 1. The molecule has 0 aliphatic carbocycles. The summed E-state index contributed by atoms with van der Waals surface area (Å²) in [6.45, 7) is 5.75. The normalized spacial score (nSPS) is 10.4. The van der Waals surface area contributed by atoms with Crippen LogP contribution in [0.2, 0.25) is 0 Å². The summed E-state index contributed by atoms with van der Waals surface area (Å²) in [5, 5.41) is 6.24. The van der Waals surface area contributed by atoms with Gasteiger partial charge in [0.25, 0.3) is 0 Å². The number of rotatable bonds is 11. The second kappa shape index (κ2) is 11.4. The van der Waals surface area contributed by atoms with Crippen molar-refractivity contribution in [3.63, 3.8) is 0 Å². The zero-order valence-electron chi connectivity index (χ0n) is 12.2. The number of pyridine rings is 1. The summed E-state index contributed by atoms with van der Waals surface area (Å²) in [6.07, 6.45) is 5.89. The van der Waals surface area contributed by atoms with E-state index in [1.165, 1.54) is 5.56 Å². The van der Waals surface area contributed by atoms with Crippen molar-refractivity contribution in [2.45, 2.75) is 32.7 Å². The predicted octanol–water partition coefficient (Wildman–Crippen LogP) is 1.49. The molecule has 1 amide bonds. The highest BCUT2D eigenvalue weighted by molar-refractivity contribution is 5.75. The topological polar surface area (TPSA) is 63.2 Å². The maximum absolute atomic E-state index is 11.5. The highest BCUT2D eigenvalue weighted by Crippen LogP contribution is 1.94. The van der Waals surface area contributed by atoms with Crippen molar-refractivity contribution in [1.82, 2.24) is 15.6 Å². The average molecular weight is 279 g/mol. The fourth-order valence-corrected chi connectivity index (χ4v) is 1.74. The van der Waals surface area contributed by atoms with E-state index in [9.17, 15) is 4.79 Å². The first-order valence-electron chi connectivity index (χ1n) is 7.27. The number of aromatic nitrogens is 1. The Morgan fingerprint density at radius 3 is 3.00 bits per heavy atom. The van der Waals surface area contributed by atoms with Crippen LogP contribution in [-0.4, -0.2) is 37.2 Å². The Kier molecular flexibility index (Phi) is 9.44. The summed E-state index contributed by atoms with van der Waals surface area (Å²) in [4.78, 5) is 15.5. The van der Waals surface area contributed by atoms with E-state index in [4.69, 9.17) is 4.74 Å². The first-order valence-corrected chi connectivity index (χ1v) is 7.27. The second-order valence-electron chi connectivity index (χ2n) is 4.54. The van der Waals surface area contributed by atoms with E-state index in [1.807, 2.05) is 25.3 Å². The minimum atomic E-state index is 0.108. The highest BCUT2D eigenvalue weighted by Gasteiger charge is 1.99. The summed E-state index contributed by atoms with van der Waals surface area (Å²) in [5.41, 5.74) is 1.17. The van der Waals surface area contributed by atoms with Crippen molar-refractivity contribution in [2.75, 3.05) is 26.3 Å². The van der Waals surface area contributed by atoms with Gasteiger partial charge in [0.1, 0.15) is 0 Å². The lowest BCUT2D eigenvalue weighted by molar-refractivity contribution is -0.121. The van der Waals surface area contributed by atoms with Gasteiger partial charge in [-0.1, -0.05) is 6.07 Å². The monoisotopic (exact) mass is 279 g/mol. The van der Waals surface area contributed by atoms with E-state index in [0.29, 0.717) is 26.2 Å². The highest BCUT2D eigenvalue weighted by atomic mass is 16.5. The molecule has 20 heavy (non-hydrogen) atoms. The molecule has 0 saturated heterocycles. The summed E-state index contributed by atoms with van der Waals surface area (Å²) >= 11 is 0. The SMILES string of the molecule is CCOCCCC(=O)NCCCNCc1cccnc1. The number of nitrogens with one attached hydrogen (secondary N) is 2. The van der Waals surface area contributed by atoms with Gasteiger partial charge in [0, 0.05) is 45.1 Å². The van der Waals surface area contributed by atoms with Crippen molar-refractivity contribution in [3.8, 4) is 0 Å².